The molecule has 0 radical (unpaired) electrons. The van der Waals surface area contributed by atoms with E-state index in [0.29, 0.717) is 23.6 Å². The summed E-state index contributed by atoms with van der Waals surface area (Å²) in [5.74, 6) is 0.552. The zero-order valence-corrected chi connectivity index (χ0v) is 17.0. The topological polar surface area (TPSA) is 103 Å². The van der Waals surface area contributed by atoms with Gasteiger partial charge in [-0.15, -0.1) is 0 Å². The lowest BCUT2D eigenvalue weighted by Gasteiger charge is -2.14. The van der Waals surface area contributed by atoms with Crippen molar-refractivity contribution in [2.75, 3.05) is 32.0 Å². The summed E-state index contributed by atoms with van der Waals surface area (Å²) in [6.45, 7) is 4.48. The zero-order chi connectivity index (χ0) is 20.9. The molecule has 0 unspecified atom stereocenters. The minimum absolute atomic E-state index is 0.0794. The fraction of sp³-hybridized carbons (Fsp3) is 0.238. The number of hydrogen-bond donors (Lipinski definition) is 3. The van der Waals surface area contributed by atoms with E-state index in [1.807, 2.05) is 36.0 Å². The number of likely N-dealkylation sites (N-methyl/N-ethyl adjacent to an activating group) is 1. The molecule has 154 valence electrons. The number of hydrogen-bond acceptors (Lipinski definition) is 6. The number of imidazole rings is 1. The fourth-order valence-corrected chi connectivity index (χ4v) is 3.07. The maximum atomic E-state index is 12.3. The van der Waals surface area contributed by atoms with E-state index in [4.69, 9.17) is 0 Å². The Morgan fingerprint density at radius 1 is 1.20 bits per heavy atom. The highest BCUT2D eigenvalue weighted by molar-refractivity contribution is 5.94. The molecule has 1 aromatic carbocycles. The van der Waals surface area contributed by atoms with Crippen molar-refractivity contribution < 1.29 is 4.79 Å². The van der Waals surface area contributed by atoms with Crippen molar-refractivity contribution in [2.24, 2.45) is 0 Å². The first kappa shape index (κ1) is 19.6. The average Bonchev–Trinajstić information content (AvgIpc) is 3.47. The van der Waals surface area contributed by atoms with Gasteiger partial charge in [0.2, 0.25) is 0 Å². The molecule has 0 fully saturated rings. The monoisotopic (exact) mass is 404 g/mol. The minimum atomic E-state index is -0.0794. The Kier molecular flexibility index (Phi) is 5.71. The fourth-order valence-electron chi connectivity index (χ4n) is 3.07. The van der Waals surface area contributed by atoms with Crippen molar-refractivity contribution in [3.63, 3.8) is 0 Å². The molecule has 1 amide bonds. The number of fused-ring (bicyclic) bond motifs is 1. The summed E-state index contributed by atoms with van der Waals surface area (Å²) in [5.41, 5.74) is 3.97. The molecule has 3 N–H and O–H groups in total. The Morgan fingerprint density at radius 3 is 2.77 bits per heavy atom. The minimum Gasteiger partial charge on any atom is -0.351 e. The molecule has 0 aliphatic heterocycles. The molecule has 0 aliphatic rings. The number of rotatable bonds is 8. The first-order chi connectivity index (χ1) is 14.7. The second-order valence-corrected chi connectivity index (χ2v) is 6.95. The number of aromatic amines is 1. The Morgan fingerprint density at radius 2 is 2.03 bits per heavy atom. The van der Waals surface area contributed by atoms with Gasteiger partial charge in [0.15, 0.2) is 11.5 Å². The summed E-state index contributed by atoms with van der Waals surface area (Å²) in [6.07, 6.45) is 8.95. The number of anilines is 2. The van der Waals surface area contributed by atoms with Crippen molar-refractivity contribution in [3.05, 3.63) is 60.8 Å². The van der Waals surface area contributed by atoms with E-state index in [1.54, 1.807) is 30.7 Å². The van der Waals surface area contributed by atoms with E-state index in [0.717, 1.165) is 30.0 Å². The molecule has 3 aromatic heterocycles. The number of nitrogens with zero attached hydrogens (tertiary/aromatic N) is 5. The van der Waals surface area contributed by atoms with Crippen LogP contribution in [0.3, 0.4) is 0 Å². The van der Waals surface area contributed by atoms with Gasteiger partial charge in [-0.2, -0.15) is 5.10 Å². The van der Waals surface area contributed by atoms with Crippen LogP contribution in [0, 0.1) is 0 Å². The smallest absolute Gasteiger partial charge is 0.251 e. The standard InChI is InChI=1S/C21H24N8O/c1-3-28(2)10-8-23-21(30)15-4-6-17(7-5-15)27-19-20-22-9-11-29(20)18(14-24-19)16-12-25-26-13-16/h4-7,9,11-14H,3,8,10H2,1-2H3,(H,23,30)(H,24,27)(H,25,26). The van der Waals surface area contributed by atoms with Crippen LogP contribution in [0.15, 0.2) is 55.2 Å². The SMILES string of the molecule is CCN(C)CCNC(=O)c1ccc(Nc2ncc(-c3cn[nH]c3)n3ccnc23)cc1. The summed E-state index contributed by atoms with van der Waals surface area (Å²) in [7, 11) is 2.03. The molecular formula is C21H24N8O. The van der Waals surface area contributed by atoms with Gasteiger partial charge in [0.05, 0.1) is 18.1 Å². The summed E-state index contributed by atoms with van der Waals surface area (Å²) >= 11 is 0. The van der Waals surface area contributed by atoms with Gasteiger partial charge in [0.1, 0.15) is 0 Å². The lowest BCUT2D eigenvalue weighted by atomic mass is 10.2. The summed E-state index contributed by atoms with van der Waals surface area (Å²) in [5, 5.41) is 13.0. The van der Waals surface area contributed by atoms with Gasteiger partial charge in [0, 0.05) is 48.5 Å². The average molecular weight is 404 g/mol. The Labute approximate surface area is 174 Å². The molecule has 0 aliphatic carbocycles. The lowest BCUT2D eigenvalue weighted by molar-refractivity contribution is 0.0950. The number of aromatic nitrogens is 5. The molecule has 30 heavy (non-hydrogen) atoms. The summed E-state index contributed by atoms with van der Waals surface area (Å²) < 4.78 is 1.95. The van der Waals surface area contributed by atoms with E-state index in [9.17, 15) is 4.79 Å². The van der Waals surface area contributed by atoms with Crippen molar-refractivity contribution in [3.8, 4) is 11.3 Å². The molecule has 9 nitrogen and oxygen atoms in total. The van der Waals surface area contributed by atoms with Crippen molar-refractivity contribution in [2.45, 2.75) is 6.92 Å². The van der Waals surface area contributed by atoms with Crippen molar-refractivity contribution in [1.82, 2.24) is 34.8 Å². The van der Waals surface area contributed by atoms with Gasteiger partial charge in [-0.1, -0.05) is 6.92 Å². The third-order valence-electron chi connectivity index (χ3n) is 4.95. The molecule has 0 saturated heterocycles. The van der Waals surface area contributed by atoms with Crippen LogP contribution in [0.25, 0.3) is 16.9 Å². The summed E-state index contributed by atoms with van der Waals surface area (Å²) in [6, 6.07) is 7.31. The second-order valence-electron chi connectivity index (χ2n) is 6.95. The van der Waals surface area contributed by atoms with Gasteiger partial charge >= 0.3 is 0 Å². The van der Waals surface area contributed by atoms with E-state index in [2.05, 4.69) is 42.6 Å². The summed E-state index contributed by atoms with van der Waals surface area (Å²) in [4.78, 5) is 23.4. The van der Waals surface area contributed by atoms with Gasteiger partial charge < -0.3 is 15.5 Å². The quantitative estimate of drug-likeness (QED) is 0.417. The Balaban J connectivity index is 1.46. The van der Waals surface area contributed by atoms with Crippen molar-refractivity contribution >= 4 is 23.1 Å². The van der Waals surface area contributed by atoms with Crippen LogP contribution in [-0.4, -0.2) is 62.1 Å². The van der Waals surface area contributed by atoms with Gasteiger partial charge in [-0.3, -0.25) is 14.3 Å². The number of benzene rings is 1. The van der Waals surface area contributed by atoms with Gasteiger partial charge in [0.25, 0.3) is 5.91 Å². The second kappa shape index (κ2) is 8.75. The van der Waals surface area contributed by atoms with E-state index < -0.39 is 0 Å². The molecule has 4 aromatic rings. The predicted molar refractivity (Wildman–Crippen MR) is 116 cm³/mol. The molecule has 3 heterocycles. The van der Waals surface area contributed by atoms with Crippen LogP contribution in [0.1, 0.15) is 17.3 Å². The predicted octanol–water partition coefficient (Wildman–Crippen LogP) is 2.54. The van der Waals surface area contributed by atoms with Gasteiger partial charge in [-0.05, 0) is 37.9 Å². The lowest BCUT2D eigenvalue weighted by Crippen LogP contribution is -2.32. The number of H-pyrrole nitrogens is 1. The van der Waals surface area contributed by atoms with Crippen LogP contribution in [0.4, 0.5) is 11.5 Å². The van der Waals surface area contributed by atoms with Crippen LogP contribution < -0.4 is 10.6 Å². The number of nitrogens with one attached hydrogen (secondary N) is 3. The third kappa shape index (κ3) is 4.15. The molecule has 0 bridgehead atoms. The highest BCUT2D eigenvalue weighted by atomic mass is 16.1. The van der Waals surface area contributed by atoms with Crippen LogP contribution >= 0.6 is 0 Å². The van der Waals surface area contributed by atoms with Crippen molar-refractivity contribution in [1.29, 1.82) is 0 Å². The first-order valence-electron chi connectivity index (χ1n) is 9.80. The Bertz CT molecular complexity index is 1120. The Hall–Kier alpha value is -3.72. The molecular weight excluding hydrogens is 380 g/mol. The number of amides is 1. The van der Waals surface area contributed by atoms with E-state index in [1.165, 1.54) is 0 Å². The first-order valence-corrected chi connectivity index (χ1v) is 9.80. The van der Waals surface area contributed by atoms with E-state index >= 15 is 0 Å². The highest BCUT2D eigenvalue weighted by Gasteiger charge is 2.12. The highest BCUT2D eigenvalue weighted by Crippen LogP contribution is 2.24. The van der Waals surface area contributed by atoms with Crippen LogP contribution in [0.2, 0.25) is 0 Å². The maximum absolute atomic E-state index is 12.3. The number of carbonyl (C=O) groups excluding carboxylic acids is 1. The van der Waals surface area contributed by atoms with E-state index in [-0.39, 0.29) is 5.91 Å². The van der Waals surface area contributed by atoms with Crippen LogP contribution in [-0.2, 0) is 0 Å². The van der Waals surface area contributed by atoms with Crippen LogP contribution in [0.5, 0.6) is 0 Å². The third-order valence-corrected chi connectivity index (χ3v) is 4.95. The largest absolute Gasteiger partial charge is 0.351 e. The number of carbonyl (C=O) groups is 1. The maximum Gasteiger partial charge on any atom is 0.251 e. The normalized spacial score (nSPS) is 11.2. The molecule has 9 heteroatoms. The zero-order valence-electron chi connectivity index (χ0n) is 17.0. The van der Waals surface area contributed by atoms with Gasteiger partial charge in [-0.25, -0.2) is 9.97 Å². The molecule has 0 atom stereocenters. The molecule has 0 spiro atoms. The molecule has 0 saturated carbocycles. The molecule has 4 rings (SSSR count).